The fourth-order valence-corrected chi connectivity index (χ4v) is 4.91. The van der Waals surface area contributed by atoms with E-state index in [-0.39, 0.29) is 18.3 Å². The lowest BCUT2D eigenvalue weighted by Gasteiger charge is -2.60. The van der Waals surface area contributed by atoms with Crippen molar-refractivity contribution < 1.29 is 19.0 Å². The van der Waals surface area contributed by atoms with E-state index < -0.39 is 5.60 Å². The van der Waals surface area contributed by atoms with Crippen LogP contribution in [0.15, 0.2) is 42.5 Å². The van der Waals surface area contributed by atoms with Gasteiger partial charge in [-0.3, -0.25) is 0 Å². The fourth-order valence-electron chi connectivity index (χ4n) is 4.91. The van der Waals surface area contributed by atoms with Gasteiger partial charge >= 0.3 is 6.09 Å². The number of aromatic nitrogens is 2. The van der Waals surface area contributed by atoms with Crippen molar-refractivity contribution in [3.05, 3.63) is 48.0 Å². The van der Waals surface area contributed by atoms with E-state index in [0.29, 0.717) is 5.75 Å². The summed E-state index contributed by atoms with van der Waals surface area (Å²) in [5.41, 5.74) is 4.50. The van der Waals surface area contributed by atoms with Crippen molar-refractivity contribution in [3.63, 3.8) is 0 Å². The van der Waals surface area contributed by atoms with Gasteiger partial charge in [0, 0.05) is 55.3 Å². The van der Waals surface area contributed by atoms with Gasteiger partial charge in [0.1, 0.15) is 11.4 Å². The Morgan fingerprint density at radius 2 is 1.80 bits per heavy atom. The van der Waals surface area contributed by atoms with Crippen LogP contribution in [0.2, 0.25) is 0 Å². The highest BCUT2D eigenvalue weighted by Crippen LogP contribution is 2.43. The Bertz CT molecular complexity index is 1260. The first-order valence-electron chi connectivity index (χ1n) is 11.9. The van der Waals surface area contributed by atoms with Crippen molar-refractivity contribution >= 4 is 22.7 Å². The zero-order valence-electron chi connectivity index (χ0n) is 21.0. The van der Waals surface area contributed by atoms with Gasteiger partial charge in [-0.15, -0.1) is 10.2 Å². The number of carbonyl (C=O) groups excluding carboxylic acids is 1. The summed E-state index contributed by atoms with van der Waals surface area (Å²) in [5.74, 6) is 0.712. The lowest BCUT2D eigenvalue weighted by Crippen LogP contribution is -2.73. The van der Waals surface area contributed by atoms with Gasteiger partial charge in [0.25, 0.3) is 0 Å². The van der Waals surface area contributed by atoms with Crippen molar-refractivity contribution in [1.29, 1.82) is 0 Å². The molecule has 5 rings (SSSR count). The Morgan fingerprint density at radius 3 is 2.51 bits per heavy atom. The van der Waals surface area contributed by atoms with Crippen molar-refractivity contribution in [2.45, 2.75) is 33.3 Å². The van der Waals surface area contributed by atoms with E-state index in [2.05, 4.69) is 40.2 Å². The normalized spacial score (nSPS) is 16.7. The molecule has 2 fully saturated rings. The zero-order valence-corrected chi connectivity index (χ0v) is 21.0. The van der Waals surface area contributed by atoms with E-state index in [1.54, 1.807) is 12.0 Å². The van der Waals surface area contributed by atoms with Crippen LogP contribution in [-0.2, 0) is 9.47 Å². The number of hydrogen-bond acceptors (Lipinski definition) is 7. The Labute approximate surface area is 205 Å². The second kappa shape index (κ2) is 8.68. The molecule has 8 nitrogen and oxygen atoms in total. The number of fused-ring (bicyclic) bond motifs is 1. The zero-order chi connectivity index (χ0) is 24.8. The molecule has 2 aromatic carbocycles. The monoisotopic (exact) mass is 476 g/mol. The smallest absolute Gasteiger partial charge is 0.410 e. The molecule has 0 atom stereocenters. The van der Waals surface area contributed by atoms with Gasteiger partial charge < -0.3 is 24.0 Å². The van der Waals surface area contributed by atoms with E-state index in [1.165, 1.54) is 0 Å². The number of anilines is 1. The van der Waals surface area contributed by atoms with Gasteiger partial charge in [-0.25, -0.2) is 4.79 Å². The Hall–Kier alpha value is -3.39. The largest absolute Gasteiger partial charge is 0.467 e. The van der Waals surface area contributed by atoms with Gasteiger partial charge in [0.15, 0.2) is 6.79 Å². The molecule has 0 N–H and O–H groups in total. The second-order valence-electron chi connectivity index (χ2n) is 10.7. The quantitative estimate of drug-likeness (QED) is 0.496. The average Bonchev–Trinajstić information content (AvgIpc) is 2.74. The topological polar surface area (TPSA) is 77.0 Å². The summed E-state index contributed by atoms with van der Waals surface area (Å²) >= 11 is 0. The third kappa shape index (κ3) is 4.62. The first-order valence-corrected chi connectivity index (χ1v) is 11.9. The van der Waals surface area contributed by atoms with E-state index in [9.17, 15) is 4.79 Å². The number of amides is 1. The highest BCUT2D eigenvalue weighted by Gasteiger charge is 2.54. The predicted octanol–water partition coefficient (Wildman–Crippen LogP) is 4.65. The Balaban J connectivity index is 1.29. The molecule has 3 heterocycles. The van der Waals surface area contributed by atoms with Gasteiger partial charge in [-0.1, -0.05) is 12.1 Å². The number of benzene rings is 2. The molecule has 2 aliphatic rings. The SMILES string of the molecule is COCOc1ccccc1-c1cc2c(C)cc(N3CC4(CN(C(=O)OC(C)(C)C)C4)C3)cc2nn1. The molecule has 0 aliphatic carbocycles. The van der Waals surface area contributed by atoms with Crippen molar-refractivity contribution in [1.82, 2.24) is 15.1 Å². The van der Waals surface area contributed by atoms with Gasteiger partial charge in [0.05, 0.1) is 11.2 Å². The highest BCUT2D eigenvalue weighted by molar-refractivity contribution is 5.88. The summed E-state index contributed by atoms with van der Waals surface area (Å²) in [4.78, 5) is 16.4. The number of methoxy groups -OCH3 is 1. The molecule has 8 heteroatoms. The van der Waals surface area contributed by atoms with Crippen LogP contribution in [-0.4, -0.2) is 66.9 Å². The minimum Gasteiger partial charge on any atom is -0.467 e. The van der Waals surface area contributed by atoms with E-state index in [4.69, 9.17) is 14.2 Å². The van der Waals surface area contributed by atoms with Crippen LogP contribution < -0.4 is 9.64 Å². The van der Waals surface area contributed by atoms with Gasteiger partial charge in [0.2, 0.25) is 0 Å². The Morgan fingerprint density at radius 1 is 1.06 bits per heavy atom. The molecule has 2 saturated heterocycles. The summed E-state index contributed by atoms with van der Waals surface area (Å²) in [5, 5.41) is 10.1. The molecule has 184 valence electrons. The molecule has 1 spiro atoms. The number of likely N-dealkylation sites (tertiary alicyclic amines) is 1. The second-order valence-corrected chi connectivity index (χ2v) is 10.7. The maximum atomic E-state index is 12.3. The lowest BCUT2D eigenvalue weighted by atomic mass is 9.72. The molecule has 1 amide bonds. The van der Waals surface area contributed by atoms with Crippen LogP contribution in [0, 0.1) is 12.3 Å². The summed E-state index contributed by atoms with van der Waals surface area (Å²) in [7, 11) is 1.60. The van der Waals surface area contributed by atoms with Gasteiger partial charge in [-0.2, -0.15) is 0 Å². The molecule has 1 aromatic heterocycles. The molecule has 3 aromatic rings. The molecule has 35 heavy (non-hydrogen) atoms. The van der Waals surface area contributed by atoms with Gasteiger partial charge in [-0.05, 0) is 63.6 Å². The molecule has 0 unspecified atom stereocenters. The highest BCUT2D eigenvalue weighted by atomic mass is 16.7. The maximum absolute atomic E-state index is 12.3. The number of para-hydroxylation sites is 1. The summed E-state index contributed by atoms with van der Waals surface area (Å²) in [6.07, 6.45) is -0.219. The average molecular weight is 477 g/mol. The van der Waals surface area contributed by atoms with Crippen LogP contribution in [0.1, 0.15) is 26.3 Å². The van der Waals surface area contributed by atoms with Crippen LogP contribution in [0.5, 0.6) is 5.75 Å². The minimum atomic E-state index is -0.464. The molecule has 0 bridgehead atoms. The van der Waals surface area contributed by atoms with Crippen LogP contribution >= 0.6 is 0 Å². The summed E-state index contributed by atoms with van der Waals surface area (Å²) in [6, 6.07) is 14.1. The van der Waals surface area contributed by atoms with Crippen molar-refractivity contribution in [3.8, 4) is 17.0 Å². The van der Waals surface area contributed by atoms with E-state index in [0.717, 1.165) is 59.6 Å². The van der Waals surface area contributed by atoms with Crippen molar-refractivity contribution in [2.75, 3.05) is 45.0 Å². The van der Waals surface area contributed by atoms with Crippen LogP contribution in [0.25, 0.3) is 22.2 Å². The standard InChI is InChI=1S/C27H32N4O4/c1-18-10-19(30-13-27(14-30)15-31(16-27)25(32)35-26(2,3)4)11-22-21(18)12-23(29-28-22)20-8-6-7-9-24(20)34-17-33-5/h6-12H,13-17H2,1-5H3. The fraction of sp³-hybridized carbons (Fsp3) is 0.444. The summed E-state index contributed by atoms with van der Waals surface area (Å²) in [6.45, 7) is 11.3. The predicted molar refractivity (Wildman–Crippen MR) is 135 cm³/mol. The third-order valence-corrected chi connectivity index (χ3v) is 6.51. The number of ether oxygens (including phenoxy) is 3. The van der Waals surface area contributed by atoms with E-state index in [1.807, 2.05) is 45.0 Å². The first-order chi connectivity index (χ1) is 16.7. The molecule has 2 aliphatic heterocycles. The lowest BCUT2D eigenvalue weighted by molar-refractivity contribution is -0.0452. The molecular formula is C27H32N4O4. The number of rotatable bonds is 5. The molecule has 0 saturated carbocycles. The van der Waals surface area contributed by atoms with Crippen LogP contribution in [0.3, 0.4) is 0 Å². The van der Waals surface area contributed by atoms with Crippen LogP contribution in [0.4, 0.5) is 10.5 Å². The summed E-state index contributed by atoms with van der Waals surface area (Å²) < 4.78 is 16.3. The Kier molecular flexibility index (Phi) is 5.79. The molecule has 0 radical (unpaired) electrons. The van der Waals surface area contributed by atoms with E-state index >= 15 is 0 Å². The number of aryl methyl sites for hydroxylation is 1. The maximum Gasteiger partial charge on any atom is 0.410 e. The minimum absolute atomic E-state index is 0.168. The third-order valence-electron chi connectivity index (χ3n) is 6.51. The molecular weight excluding hydrogens is 444 g/mol. The first kappa shape index (κ1) is 23.4. The number of nitrogens with zero attached hydrogens (tertiary/aromatic N) is 4. The number of hydrogen-bond donors (Lipinski definition) is 0. The number of carbonyl (C=O) groups is 1. The van der Waals surface area contributed by atoms with Crippen molar-refractivity contribution in [2.24, 2.45) is 5.41 Å².